The monoisotopic (exact) mass is 432 g/mol. The molecular weight excluding hydrogens is 412 g/mol. The van der Waals surface area contributed by atoms with E-state index in [0.717, 1.165) is 43.9 Å². The summed E-state index contributed by atoms with van der Waals surface area (Å²) in [5.74, 6) is -0.333. The number of hydrogen-bond acceptors (Lipinski definition) is 5. The SMILES string of the molecule is CCN1/C(=C/C2=C([O-])C(=C/c3sc4ccccc4[n+]3CC)/C2=O)Sc2ccccc21. The highest BCUT2D eigenvalue weighted by molar-refractivity contribution is 8.03. The lowest BCUT2D eigenvalue weighted by molar-refractivity contribution is -0.665. The van der Waals surface area contributed by atoms with Gasteiger partial charge >= 0.3 is 0 Å². The minimum absolute atomic E-state index is 0.166. The third-order valence-corrected chi connectivity index (χ3v) is 7.64. The molecule has 1 aliphatic heterocycles. The van der Waals surface area contributed by atoms with E-state index in [-0.39, 0.29) is 22.7 Å². The van der Waals surface area contributed by atoms with Gasteiger partial charge in [0.15, 0.2) is 5.78 Å². The van der Waals surface area contributed by atoms with Gasteiger partial charge in [0.1, 0.15) is 11.2 Å². The van der Waals surface area contributed by atoms with Crippen molar-refractivity contribution < 1.29 is 14.5 Å². The molecule has 2 aromatic carbocycles. The maximum absolute atomic E-state index is 12.8. The average Bonchev–Trinajstić information content (AvgIpc) is 3.32. The first-order chi connectivity index (χ1) is 14.6. The number of thiazole rings is 1. The van der Waals surface area contributed by atoms with Gasteiger partial charge in [0.05, 0.1) is 10.7 Å². The molecule has 1 aromatic heterocycles. The molecule has 0 radical (unpaired) electrons. The maximum atomic E-state index is 12.8. The summed E-state index contributed by atoms with van der Waals surface area (Å²) < 4.78 is 3.29. The van der Waals surface area contributed by atoms with Crippen LogP contribution in [0.2, 0.25) is 0 Å². The molecule has 0 atom stereocenters. The zero-order valence-electron chi connectivity index (χ0n) is 16.7. The van der Waals surface area contributed by atoms with Crippen LogP contribution in [0.3, 0.4) is 0 Å². The van der Waals surface area contributed by atoms with Gasteiger partial charge in [0.2, 0.25) is 5.52 Å². The van der Waals surface area contributed by atoms with E-state index in [1.807, 2.05) is 24.3 Å². The van der Waals surface area contributed by atoms with Crippen molar-refractivity contribution in [3.8, 4) is 0 Å². The molecule has 3 aromatic rings. The van der Waals surface area contributed by atoms with Crippen LogP contribution in [-0.2, 0) is 11.3 Å². The molecule has 2 heterocycles. The van der Waals surface area contributed by atoms with E-state index in [9.17, 15) is 9.90 Å². The lowest BCUT2D eigenvalue weighted by atomic mass is 9.88. The minimum atomic E-state index is -0.166. The van der Waals surface area contributed by atoms with Crippen LogP contribution in [0.4, 0.5) is 5.69 Å². The molecule has 0 saturated carbocycles. The molecule has 1 aliphatic carbocycles. The first kappa shape index (κ1) is 19.2. The third kappa shape index (κ3) is 2.90. The van der Waals surface area contributed by atoms with Crippen molar-refractivity contribution >= 4 is 50.9 Å². The normalized spacial score (nSPS) is 18.6. The number of aromatic nitrogens is 1. The summed E-state index contributed by atoms with van der Waals surface area (Å²) in [5, 5.41) is 14.7. The molecule has 0 amide bonds. The van der Waals surface area contributed by atoms with Gasteiger partial charge in [-0.3, -0.25) is 4.79 Å². The molecule has 4 nitrogen and oxygen atoms in total. The highest BCUT2D eigenvalue weighted by Gasteiger charge is 2.31. The Morgan fingerprint density at radius 3 is 2.60 bits per heavy atom. The van der Waals surface area contributed by atoms with Gasteiger partial charge in [-0.25, -0.2) is 0 Å². The number of aryl methyl sites for hydroxylation is 1. The van der Waals surface area contributed by atoms with Gasteiger partial charge in [0, 0.05) is 34.7 Å². The minimum Gasteiger partial charge on any atom is -0.871 e. The van der Waals surface area contributed by atoms with Gasteiger partial charge in [-0.15, -0.1) is 0 Å². The largest absolute Gasteiger partial charge is 0.871 e. The first-order valence-electron chi connectivity index (χ1n) is 9.98. The number of carbonyl (C=O) groups is 1. The molecule has 0 fully saturated rings. The van der Waals surface area contributed by atoms with Crippen molar-refractivity contribution in [1.82, 2.24) is 0 Å². The lowest BCUT2D eigenvalue weighted by Crippen LogP contribution is -2.35. The van der Waals surface area contributed by atoms with E-state index in [1.54, 1.807) is 35.3 Å². The van der Waals surface area contributed by atoms with Crippen LogP contribution in [0.1, 0.15) is 18.9 Å². The number of carbonyl (C=O) groups excluding carboxylic acids is 1. The number of rotatable bonds is 4. The van der Waals surface area contributed by atoms with E-state index in [2.05, 4.69) is 47.6 Å². The Morgan fingerprint density at radius 2 is 1.83 bits per heavy atom. The van der Waals surface area contributed by atoms with Gasteiger partial charge in [-0.2, -0.15) is 4.57 Å². The Kier molecular flexibility index (Phi) is 4.76. The van der Waals surface area contributed by atoms with Crippen molar-refractivity contribution in [1.29, 1.82) is 0 Å². The fourth-order valence-corrected chi connectivity index (χ4v) is 6.25. The number of nitrogens with zero attached hydrogens (tertiary/aromatic N) is 2. The van der Waals surface area contributed by atoms with Crippen LogP contribution in [0.5, 0.6) is 0 Å². The van der Waals surface area contributed by atoms with Crippen molar-refractivity contribution in [3.05, 3.63) is 81.5 Å². The number of fused-ring (bicyclic) bond motifs is 2. The number of Topliss-reactive ketones (excluding diaryl/α,β-unsaturated/α-hetero) is 1. The summed E-state index contributed by atoms with van der Waals surface area (Å²) in [7, 11) is 0. The highest BCUT2D eigenvalue weighted by Crippen LogP contribution is 2.46. The molecule has 2 aliphatic rings. The Morgan fingerprint density at radius 1 is 1.07 bits per heavy atom. The van der Waals surface area contributed by atoms with Crippen molar-refractivity contribution in [2.24, 2.45) is 0 Å². The summed E-state index contributed by atoms with van der Waals surface area (Å²) in [4.78, 5) is 16.1. The van der Waals surface area contributed by atoms with E-state index in [0.29, 0.717) is 0 Å². The van der Waals surface area contributed by atoms with Crippen LogP contribution >= 0.6 is 23.1 Å². The summed E-state index contributed by atoms with van der Waals surface area (Å²) in [6.45, 7) is 5.71. The Balaban J connectivity index is 1.51. The topological polar surface area (TPSA) is 47.2 Å². The average molecular weight is 433 g/mol. The molecule has 0 spiro atoms. The second-order valence-electron chi connectivity index (χ2n) is 7.08. The number of allylic oxidation sites excluding steroid dienone is 3. The van der Waals surface area contributed by atoms with E-state index in [4.69, 9.17) is 0 Å². The molecule has 30 heavy (non-hydrogen) atoms. The van der Waals surface area contributed by atoms with E-state index >= 15 is 0 Å². The predicted octanol–water partition coefficient (Wildman–Crippen LogP) is 4.26. The van der Waals surface area contributed by atoms with E-state index < -0.39 is 0 Å². The van der Waals surface area contributed by atoms with Crippen LogP contribution in [0.15, 0.2) is 81.4 Å². The third-order valence-electron chi connectivity index (χ3n) is 5.42. The quantitative estimate of drug-likeness (QED) is 0.457. The second-order valence-corrected chi connectivity index (χ2v) is 9.20. The number of thioether (sulfide) groups is 1. The summed E-state index contributed by atoms with van der Waals surface area (Å²) in [6, 6.07) is 16.3. The lowest BCUT2D eigenvalue weighted by Gasteiger charge is -2.29. The zero-order valence-corrected chi connectivity index (χ0v) is 18.3. The van der Waals surface area contributed by atoms with Gasteiger partial charge in [0.25, 0.3) is 5.01 Å². The van der Waals surface area contributed by atoms with E-state index in [1.165, 1.54) is 0 Å². The van der Waals surface area contributed by atoms with Crippen molar-refractivity contribution in [2.45, 2.75) is 25.3 Å². The molecule has 5 rings (SSSR count). The number of para-hydroxylation sites is 2. The van der Waals surface area contributed by atoms with Crippen molar-refractivity contribution in [2.75, 3.05) is 11.4 Å². The van der Waals surface area contributed by atoms with Gasteiger partial charge in [-0.05, 0) is 38.1 Å². The highest BCUT2D eigenvalue weighted by atomic mass is 32.2. The number of hydrogen-bond donors (Lipinski definition) is 0. The molecule has 0 unspecified atom stereocenters. The Labute approximate surface area is 183 Å². The van der Waals surface area contributed by atoms with Crippen molar-refractivity contribution in [3.63, 3.8) is 0 Å². The van der Waals surface area contributed by atoms with Gasteiger partial charge in [-0.1, -0.05) is 53.1 Å². The zero-order chi connectivity index (χ0) is 20.8. The molecule has 6 heteroatoms. The standard InChI is InChI=1S/C24H20N2O2S2/c1-3-25-17-9-5-7-11-19(17)29-21(25)13-15-23(27)16(24(15)28)14-22-26(4-2)18-10-6-8-12-20(18)30-22/h5-14H,3-4H2,1-2H3. The molecule has 0 saturated heterocycles. The number of benzene rings is 2. The second kappa shape index (κ2) is 7.45. The number of anilines is 1. The fraction of sp³-hybridized carbons (Fsp3) is 0.167. The Hall–Kier alpha value is -2.83. The fourth-order valence-electron chi connectivity index (χ4n) is 3.92. The number of ketones is 1. The van der Waals surface area contributed by atoms with Crippen LogP contribution < -0.4 is 14.6 Å². The van der Waals surface area contributed by atoms with Crippen LogP contribution in [0, 0.1) is 0 Å². The predicted molar refractivity (Wildman–Crippen MR) is 121 cm³/mol. The molecule has 150 valence electrons. The first-order valence-corrected chi connectivity index (χ1v) is 11.6. The molecule has 0 N–H and O–H groups in total. The summed E-state index contributed by atoms with van der Waals surface area (Å²) in [5.41, 5.74) is 2.81. The summed E-state index contributed by atoms with van der Waals surface area (Å²) in [6.07, 6.45) is 3.52. The van der Waals surface area contributed by atoms with Gasteiger partial charge < -0.3 is 10.0 Å². The van der Waals surface area contributed by atoms with Crippen LogP contribution in [0.25, 0.3) is 16.3 Å². The van der Waals surface area contributed by atoms with Crippen LogP contribution in [-0.4, -0.2) is 12.3 Å². The smallest absolute Gasteiger partial charge is 0.263 e. The molecular formula is C24H20N2O2S2. The molecule has 0 bridgehead atoms. The Bertz CT molecular complexity index is 1280. The maximum Gasteiger partial charge on any atom is 0.263 e. The summed E-state index contributed by atoms with van der Waals surface area (Å²) >= 11 is 3.21.